The van der Waals surface area contributed by atoms with E-state index in [0.29, 0.717) is 31.1 Å². The Morgan fingerprint density at radius 3 is 2.85 bits per heavy atom. The molecule has 1 saturated heterocycles. The van der Waals surface area contributed by atoms with E-state index in [1.54, 1.807) is 11.8 Å². The lowest BCUT2D eigenvalue weighted by atomic mass is 10.1. The number of piperazine rings is 1. The van der Waals surface area contributed by atoms with Gasteiger partial charge in [0.05, 0.1) is 11.5 Å². The molecule has 0 spiro atoms. The van der Waals surface area contributed by atoms with E-state index in [9.17, 15) is 9.59 Å². The maximum absolute atomic E-state index is 12.6. The highest BCUT2D eigenvalue weighted by atomic mass is 32.1. The highest BCUT2D eigenvalue weighted by Gasteiger charge is 2.34. The zero-order chi connectivity index (χ0) is 14.7. The lowest BCUT2D eigenvalue weighted by Gasteiger charge is -2.34. The first-order valence-electron chi connectivity index (χ1n) is 6.80. The second-order valence-corrected chi connectivity index (χ2v) is 6.08. The SMILES string of the molecule is CCOC(=O)C1CNCCN1C(=O)c1cc(C)c(C)s1. The molecule has 1 unspecified atom stereocenters. The summed E-state index contributed by atoms with van der Waals surface area (Å²) in [6.07, 6.45) is 0. The molecule has 0 aromatic carbocycles. The molecular formula is C14H20N2O3S. The number of carbonyl (C=O) groups is 2. The molecule has 1 aromatic rings. The van der Waals surface area contributed by atoms with Crippen molar-refractivity contribution in [1.82, 2.24) is 10.2 Å². The van der Waals surface area contributed by atoms with Crippen molar-refractivity contribution in [3.63, 3.8) is 0 Å². The zero-order valence-corrected chi connectivity index (χ0v) is 12.9. The van der Waals surface area contributed by atoms with Crippen molar-refractivity contribution in [2.45, 2.75) is 26.8 Å². The van der Waals surface area contributed by atoms with E-state index in [1.165, 1.54) is 11.3 Å². The maximum Gasteiger partial charge on any atom is 0.330 e. The van der Waals surface area contributed by atoms with Crippen LogP contribution >= 0.6 is 11.3 Å². The number of nitrogens with zero attached hydrogens (tertiary/aromatic N) is 1. The van der Waals surface area contributed by atoms with Crippen LogP contribution in [0.25, 0.3) is 0 Å². The zero-order valence-electron chi connectivity index (χ0n) is 12.1. The summed E-state index contributed by atoms with van der Waals surface area (Å²) in [6.45, 7) is 7.76. The number of carbonyl (C=O) groups excluding carboxylic acids is 2. The predicted octanol–water partition coefficient (Wildman–Crippen LogP) is 1.34. The Morgan fingerprint density at radius 1 is 1.50 bits per heavy atom. The van der Waals surface area contributed by atoms with Crippen molar-refractivity contribution < 1.29 is 14.3 Å². The highest BCUT2D eigenvalue weighted by Crippen LogP contribution is 2.23. The van der Waals surface area contributed by atoms with Gasteiger partial charge < -0.3 is 15.0 Å². The Morgan fingerprint density at radius 2 is 2.25 bits per heavy atom. The van der Waals surface area contributed by atoms with E-state index in [4.69, 9.17) is 4.74 Å². The van der Waals surface area contributed by atoms with E-state index in [-0.39, 0.29) is 11.9 Å². The minimum atomic E-state index is -0.529. The molecule has 1 aliphatic heterocycles. The van der Waals surface area contributed by atoms with Crippen LogP contribution in [0.4, 0.5) is 0 Å². The molecule has 1 amide bonds. The first-order valence-corrected chi connectivity index (χ1v) is 7.61. The molecule has 6 heteroatoms. The second-order valence-electron chi connectivity index (χ2n) is 4.82. The van der Waals surface area contributed by atoms with Gasteiger partial charge in [-0.3, -0.25) is 4.79 Å². The number of rotatable bonds is 3. The quantitative estimate of drug-likeness (QED) is 0.855. The fraction of sp³-hybridized carbons (Fsp3) is 0.571. The Bertz CT molecular complexity index is 493. The molecule has 0 radical (unpaired) electrons. The normalized spacial score (nSPS) is 18.9. The monoisotopic (exact) mass is 296 g/mol. The minimum absolute atomic E-state index is 0.0780. The van der Waals surface area contributed by atoms with Gasteiger partial charge in [0.2, 0.25) is 0 Å². The largest absolute Gasteiger partial charge is 0.464 e. The third-order valence-corrected chi connectivity index (χ3v) is 4.58. The first-order chi connectivity index (χ1) is 9.54. The van der Waals surface area contributed by atoms with Crippen molar-refractivity contribution in [3.8, 4) is 0 Å². The summed E-state index contributed by atoms with van der Waals surface area (Å²) < 4.78 is 5.06. The van der Waals surface area contributed by atoms with Gasteiger partial charge in [0.1, 0.15) is 6.04 Å². The number of hydrogen-bond acceptors (Lipinski definition) is 5. The molecule has 1 atom stereocenters. The number of nitrogens with one attached hydrogen (secondary N) is 1. The van der Waals surface area contributed by atoms with Gasteiger partial charge in [-0.1, -0.05) is 0 Å². The standard InChI is InChI=1S/C14H20N2O3S/c1-4-19-14(18)11-8-15-5-6-16(11)13(17)12-7-9(2)10(3)20-12/h7,11,15H,4-6,8H2,1-3H3. The van der Waals surface area contributed by atoms with Crippen molar-refractivity contribution in [2.24, 2.45) is 0 Å². The van der Waals surface area contributed by atoms with Gasteiger partial charge >= 0.3 is 5.97 Å². The summed E-state index contributed by atoms with van der Waals surface area (Å²) >= 11 is 1.48. The number of ether oxygens (including phenoxy) is 1. The predicted molar refractivity (Wildman–Crippen MR) is 78.1 cm³/mol. The molecule has 20 heavy (non-hydrogen) atoms. The van der Waals surface area contributed by atoms with Crippen LogP contribution < -0.4 is 5.32 Å². The molecule has 2 heterocycles. The number of thiophene rings is 1. The van der Waals surface area contributed by atoms with Gasteiger partial charge in [0.25, 0.3) is 5.91 Å². The molecule has 5 nitrogen and oxygen atoms in total. The van der Waals surface area contributed by atoms with Crippen LogP contribution in [0, 0.1) is 13.8 Å². The molecule has 1 aromatic heterocycles. The molecule has 1 aliphatic rings. The fourth-order valence-corrected chi connectivity index (χ4v) is 3.21. The van der Waals surface area contributed by atoms with E-state index in [0.717, 1.165) is 10.4 Å². The van der Waals surface area contributed by atoms with Crippen LogP contribution in [0.2, 0.25) is 0 Å². The number of esters is 1. The summed E-state index contributed by atoms with van der Waals surface area (Å²) in [5.74, 6) is -0.413. The van der Waals surface area contributed by atoms with E-state index < -0.39 is 6.04 Å². The first kappa shape index (κ1) is 15.0. The molecule has 0 bridgehead atoms. The van der Waals surface area contributed by atoms with E-state index in [2.05, 4.69) is 5.32 Å². The Labute approximate surface area is 122 Å². The molecule has 2 rings (SSSR count). The molecule has 0 saturated carbocycles. The third kappa shape index (κ3) is 3.02. The topological polar surface area (TPSA) is 58.6 Å². The maximum atomic E-state index is 12.6. The van der Waals surface area contributed by atoms with Gasteiger partial charge in [-0.25, -0.2) is 4.79 Å². The Kier molecular flexibility index (Phi) is 4.77. The van der Waals surface area contributed by atoms with Crippen molar-refractivity contribution in [1.29, 1.82) is 0 Å². The Hall–Kier alpha value is -1.40. The van der Waals surface area contributed by atoms with Crippen molar-refractivity contribution in [3.05, 3.63) is 21.4 Å². The highest BCUT2D eigenvalue weighted by molar-refractivity contribution is 7.14. The summed E-state index contributed by atoms with van der Waals surface area (Å²) in [5, 5.41) is 3.14. The van der Waals surface area contributed by atoms with Crippen LogP contribution in [0.15, 0.2) is 6.07 Å². The lowest BCUT2D eigenvalue weighted by Crippen LogP contribution is -2.57. The molecule has 0 aliphatic carbocycles. The second kappa shape index (κ2) is 6.37. The van der Waals surface area contributed by atoms with Crippen LogP contribution in [-0.2, 0) is 9.53 Å². The van der Waals surface area contributed by atoms with Crippen LogP contribution in [-0.4, -0.2) is 49.1 Å². The number of aryl methyl sites for hydroxylation is 2. The summed E-state index contributed by atoms with van der Waals surface area (Å²) in [6, 6.07) is 1.37. The third-order valence-electron chi connectivity index (χ3n) is 3.44. The average molecular weight is 296 g/mol. The number of hydrogen-bond donors (Lipinski definition) is 1. The van der Waals surface area contributed by atoms with Crippen LogP contribution in [0.1, 0.15) is 27.0 Å². The van der Waals surface area contributed by atoms with Gasteiger partial charge in [0, 0.05) is 24.5 Å². The molecule has 1 fully saturated rings. The van der Waals surface area contributed by atoms with Gasteiger partial charge in [0.15, 0.2) is 0 Å². The van der Waals surface area contributed by atoms with Crippen LogP contribution in [0.5, 0.6) is 0 Å². The van der Waals surface area contributed by atoms with Gasteiger partial charge in [-0.05, 0) is 32.4 Å². The Balaban J connectivity index is 2.19. The van der Waals surface area contributed by atoms with Gasteiger partial charge in [-0.15, -0.1) is 11.3 Å². The lowest BCUT2D eigenvalue weighted by molar-refractivity contribution is -0.149. The summed E-state index contributed by atoms with van der Waals surface area (Å²) in [4.78, 5) is 28.0. The fourth-order valence-electron chi connectivity index (χ4n) is 2.22. The van der Waals surface area contributed by atoms with E-state index in [1.807, 2.05) is 19.9 Å². The minimum Gasteiger partial charge on any atom is -0.464 e. The molecule has 1 N–H and O–H groups in total. The summed E-state index contributed by atoms with van der Waals surface area (Å²) in [7, 11) is 0. The molecular weight excluding hydrogens is 276 g/mol. The molecule has 110 valence electrons. The summed E-state index contributed by atoms with van der Waals surface area (Å²) in [5.41, 5.74) is 1.11. The van der Waals surface area contributed by atoms with Crippen LogP contribution in [0.3, 0.4) is 0 Å². The van der Waals surface area contributed by atoms with E-state index >= 15 is 0 Å². The van der Waals surface area contributed by atoms with Crippen molar-refractivity contribution >= 4 is 23.2 Å². The average Bonchev–Trinajstić information content (AvgIpc) is 2.78. The van der Waals surface area contributed by atoms with Gasteiger partial charge in [-0.2, -0.15) is 0 Å². The number of amides is 1. The smallest absolute Gasteiger partial charge is 0.330 e. The van der Waals surface area contributed by atoms with Crippen molar-refractivity contribution in [2.75, 3.05) is 26.2 Å².